The molecule has 0 radical (unpaired) electrons. The first-order valence-corrected chi connectivity index (χ1v) is 10.6. The molecule has 2 aromatic heterocycles. The molecule has 3 aliphatic rings. The molecular formula is C21H29Cl3N4O. The third-order valence-corrected chi connectivity index (χ3v) is 5.34. The maximum Gasteiger partial charge on any atom is 0.129 e. The Kier molecular flexibility index (Phi) is 10.6. The van der Waals surface area contributed by atoms with Crippen molar-refractivity contribution in [1.82, 2.24) is 20.2 Å². The van der Waals surface area contributed by atoms with Crippen molar-refractivity contribution in [2.45, 2.75) is 38.8 Å². The van der Waals surface area contributed by atoms with Gasteiger partial charge in [-0.15, -0.1) is 12.4 Å². The van der Waals surface area contributed by atoms with Gasteiger partial charge in [0.25, 0.3) is 0 Å². The molecule has 160 valence electrons. The smallest absolute Gasteiger partial charge is 0.129 e. The van der Waals surface area contributed by atoms with E-state index >= 15 is 0 Å². The highest BCUT2D eigenvalue weighted by Gasteiger charge is 2.13. The van der Waals surface area contributed by atoms with Crippen molar-refractivity contribution in [3.8, 4) is 0 Å². The van der Waals surface area contributed by atoms with Gasteiger partial charge in [0, 0.05) is 63.6 Å². The lowest BCUT2D eigenvalue weighted by Gasteiger charge is -2.23. The van der Waals surface area contributed by atoms with Gasteiger partial charge in [-0.25, -0.2) is 9.97 Å². The van der Waals surface area contributed by atoms with Crippen molar-refractivity contribution in [1.29, 1.82) is 0 Å². The predicted octanol–water partition coefficient (Wildman–Crippen LogP) is 4.32. The highest BCUT2D eigenvalue weighted by molar-refractivity contribution is 6.29. The second-order valence-corrected chi connectivity index (χ2v) is 7.99. The molecule has 0 saturated carbocycles. The maximum atomic E-state index is 5.79. The molecule has 5 heterocycles. The summed E-state index contributed by atoms with van der Waals surface area (Å²) in [5.41, 5.74) is 4.91. The summed E-state index contributed by atoms with van der Waals surface area (Å²) in [6, 6.07) is 7.81. The average molecular weight is 460 g/mol. The number of fused-ring (bicyclic) bond motifs is 2. The number of aromatic nitrogens is 2. The van der Waals surface area contributed by atoms with Crippen LogP contribution in [0.1, 0.15) is 35.4 Å². The van der Waals surface area contributed by atoms with Gasteiger partial charge in [0.1, 0.15) is 10.3 Å². The molecule has 1 N–H and O–H groups in total. The van der Waals surface area contributed by atoms with Crippen LogP contribution < -0.4 is 5.32 Å². The number of nitrogens with one attached hydrogen (secondary N) is 1. The molecule has 0 spiro atoms. The molecular weight excluding hydrogens is 431 g/mol. The number of hydrogen-bond donors (Lipinski definition) is 1. The Morgan fingerprint density at radius 2 is 1.55 bits per heavy atom. The fourth-order valence-electron chi connectivity index (χ4n) is 3.35. The molecule has 3 aliphatic heterocycles. The lowest BCUT2D eigenvalue weighted by Crippen LogP contribution is -2.27. The number of nitrogens with zero attached hydrogens (tertiary/aromatic N) is 3. The van der Waals surface area contributed by atoms with E-state index in [1.54, 1.807) is 0 Å². The fourth-order valence-corrected chi connectivity index (χ4v) is 3.68. The van der Waals surface area contributed by atoms with Crippen LogP contribution in [0.5, 0.6) is 0 Å². The summed E-state index contributed by atoms with van der Waals surface area (Å²) in [6.45, 7) is 6.03. The fraction of sp³-hybridized carbons (Fsp3) is 0.524. The van der Waals surface area contributed by atoms with Gasteiger partial charge in [0.15, 0.2) is 0 Å². The van der Waals surface area contributed by atoms with E-state index in [1.165, 1.54) is 29.7 Å². The largest absolute Gasteiger partial charge is 0.381 e. The van der Waals surface area contributed by atoms with Crippen LogP contribution in [0.3, 0.4) is 0 Å². The summed E-state index contributed by atoms with van der Waals surface area (Å²) in [5, 5.41) is 4.49. The van der Waals surface area contributed by atoms with E-state index in [0.29, 0.717) is 10.3 Å². The molecule has 0 aliphatic carbocycles. The summed E-state index contributed by atoms with van der Waals surface area (Å²) in [5.74, 6) is 0. The summed E-state index contributed by atoms with van der Waals surface area (Å²) in [6.07, 6.45) is 4.57. The molecule has 5 nitrogen and oxygen atoms in total. The first-order valence-electron chi connectivity index (χ1n) is 9.87. The van der Waals surface area contributed by atoms with Crippen LogP contribution in [0.25, 0.3) is 0 Å². The van der Waals surface area contributed by atoms with Crippen LogP contribution in [-0.2, 0) is 30.7 Å². The Morgan fingerprint density at radius 3 is 2.17 bits per heavy atom. The zero-order valence-electron chi connectivity index (χ0n) is 16.8. The third-order valence-electron chi connectivity index (χ3n) is 4.92. The van der Waals surface area contributed by atoms with Crippen molar-refractivity contribution in [3.05, 3.63) is 57.1 Å². The monoisotopic (exact) mass is 458 g/mol. The van der Waals surface area contributed by atoms with Crippen molar-refractivity contribution < 1.29 is 4.74 Å². The van der Waals surface area contributed by atoms with Crippen molar-refractivity contribution in [2.75, 3.05) is 33.4 Å². The van der Waals surface area contributed by atoms with Gasteiger partial charge in [-0.2, -0.15) is 0 Å². The zero-order valence-corrected chi connectivity index (χ0v) is 19.1. The first kappa shape index (κ1) is 24.3. The third kappa shape index (κ3) is 8.00. The van der Waals surface area contributed by atoms with E-state index in [4.69, 9.17) is 27.9 Å². The quantitative estimate of drug-likeness (QED) is 0.595. The Labute approximate surface area is 189 Å². The molecule has 1 saturated heterocycles. The SMILES string of the molecule is C1CCOC1.CN1CCc2nc(Cl)ccc2C1.Cl.Clc1ccc2c(n1)CCNC2. The molecule has 8 heteroatoms. The van der Waals surface area contributed by atoms with Crippen LogP contribution in [0.2, 0.25) is 10.3 Å². The summed E-state index contributed by atoms with van der Waals surface area (Å²) < 4.78 is 4.94. The van der Waals surface area contributed by atoms with Gasteiger partial charge < -0.3 is 15.0 Å². The number of likely N-dealkylation sites (N-methyl/N-ethyl adjacent to an activating group) is 1. The van der Waals surface area contributed by atoms with Gasteiger partial charge in [0.2, 0.25) is 0 Å². The van der Waals surface area contributed by atoms with E-state index in [-0.39, 0.29) is 12.4 Å². The Bertz CT molecular complexity index is 764. The maximum absolute atomic E-state index is 5.79. The van der Waals surface area contributed by atoms with E-state index < -0.39 is 0 Å². The highest BCUT2D eigenvalue weighted by atomic mass is 35.5. The minimum Gasteiger partial charge on any atom is -0.381 e. The van der Waals surface area contributed by atoms with E-state index in [0.717, 1.165) is 57.9 Å². The Hall–Kier alpha value is -0.950. The molecule has 0 amide bonds. The van der Waals surface area contributed by atoms with Gasteiger partial charge in [0.05, 0.1) is 0 Å². The number of pyridine rings is 2. The lowest BCUT2D eigenvalue weighted by molar-refractivity contribution is 0.198. The highest BCUT2D eigenvalue weighted by Crippen LogP contribution is 2.18. The Balaban J connectivity index is 0.000000164. The molecule has 0 unspecified atom stereocenters. The topological polar surface area (TPSA) is 50.3 Å². The summed E-state index contributed by atoms with van der Waals surface area (Å²) >= 11 is 11.5. The lowest BCUT2D eigenvalue weighted by atomic mass is 10.1. The Morgan fingerprint density at radius 1 is 0.931 bits per heavy atom. The van der Waals surface area contributed by atoms with Crippen molar-refractivity contribution >= 4 is 35.6 Å². The molecule has 0 aromatic carbocycles. The van der Waals surface area contributed by atoms with Crippen LogP contribution in [-0.4, -0.2) is 48.2 Å². The number of halogens is 3. The first-order chi connectivity index (χ1) is 13.6. The second-order valence-electron chi connectivity index (χ2n) is 7.21. The standard InChI is InChI=1S/C9H11ClN2.C8H9ClN2.C4H8O.ClH/c1-12-5-4-8-7(6-12)2-3-9(10)11-8;9-8-2-1-6-5-10-4-3-7(6)11-8;1-2-4-5-3-1;/h2-3H,4-6H2,1H3;1-2,10H,3-5H2;1-4H2;1H. The van der Waals surface area contributed by atoms with Crippen LogP contribution in [0.15, 0.2) is 24.3 Å². The van der Waals surface area contributed by atoms with Gasteiger partial charge in [-0.3, -0.25) is 0 Å². The van der Waals surface area contributed by atoms with Crippen LogP contribution in [0.4, 0.5) is 0 Å². The molecule has 5 rings (SSSR count). The number of hydrogen-bond acceptors (Lipinski definition) is 5. The van der Waals surface area contributed by atoms with E-state index in [2.05, 4.69) is 33.3 Å². The van der Waals surface area contributed by atoms with Crippen molar-refractivity contribution in [2.24, 2.45) is 0 Å². The molecule has 0 bridgehead atoms. The average Bonchev–Trinajstić information content (AvgIpc) is 3.29. The van der Waals surface area contributed by atoms with Gasteiger partial charge in [-0.1, -0.05) is 35.3 Å². The summed E-state index contributed by atoms with van der Waals surface area (Å²) in [4.78, 5) is 10.8. The number of rotatable bonds is 0. The van der Waals surface area contributed by atoms with Crippen molar-refractivity contribution in [3.63, 3.8) is 0 Å². The van der Waals surface area contributed by atoms with Gasteiger partial charge in [-0.05, 0) is 43.1 Å². The molecule has 1 fully saturated rings. The summed E-state index contributed by atoms with van der Waals surface area (Å²) in [7, 11) is 2.12. The normalized spacial score (nSPS) is 17.5. The number of ether oxygens (including phenoxy) is 1. The zero-order chi connectivity index (χ0) is 19.8. The van der Waals surface area contributed by atoms with Crippen LogP contribution in [0, 0.1) is 0 Å². The van der Waals surface area contributed by atoms with E-state index in [9.17, 15) is 0 Å². The van der Waals surface area contributed by atoms with E-state index in [1.807, 2.05) is 18.2 Å². The van der Waals surface area contributed by atoms with Crippen LogP contribution >= 0.6 is 35.6 Å². The second kappa shape index (κ2) is 12.7. The molecule has 29 heavy (non-hydrogen) atoms. The minimum atomic E-state index is 0. The predicted molar refractivity (Wildman–Crippen MR) is 121 cm³/mol. The minimum absolute atomic E-state index is 0. The molecule has 2 aromatic rings. The van der Waals surface area contributed by atoms with Gasteiger partial charge >= 0.3 is 0 Å². The molecule has 0 atom stereocenters.